The predicted molar refractivity (Wildman–Crippen MR) is 52.1 cm³/mol. The average Bonchev–Trinajstić information content (AvgIpc) is 2.17. The minimum absolute atomic E-state index is 0. The van der Waals surface area contributed by atoms with Gasteiger partial charge >= 0.3 is 0 Å². The Hall–Kier alpha value is -0.678. The fourth-order valence-corrected chi connectivity index (χ4v) is 1.68. The Labute approximate surface area is 104 Å². The van der Waals surface area contributed by atoms with Crippen molar-refractivity contribution in [3.05, 3.63) is 12.7 Å². The van der Waals surface area contributed by atoms with Gasteiger partial charge in [0.15, 0.2) is 0 Å². The molecule has 1 rings (SSSR count). The molecule has 1 aliphatic heterocycles. The van der Waals surface area contributed by atoms with Gasteiger partial charge in [-0.2, -0.15) is 11.3 Å². The van der Waals surface area contributed by atoms with E-state index in [1.54, 1.807) is 4.90 Å². The van der Waals surface area contributed by atoms with E-state index < -0.39 is 0 Å². The molecule has 1 saturated heterocycles. The monoisotopic (exact) mass is 379 g/mol. The van der Waals surface area contributed by atoms with Crippen LogP contribution in [0.4, 0.5) is 0 Å². The molecule has 1 aliphatic rings. The van der Waals surface area contributed by atoms with E-state index in [0.29, 0.717) is 13.0 Å². The summed E-state index contributed by atoms with van der Waals surface area (Å²) in [6, 6.07) is 2.07. The third-order valence-corrected chi connectivity index (χ3v) is 2.44. The summed E-state index contributed by atoms with van der Waals surface area (Å²) < 4.78 is 0. The third kappa shape index (κ3) is 3.76. The quantitative estimate of drug-likeness (QED) is 0.503. The van der Waals surface area contributed by atoms with Crippen LogP contribution in [0, 0.1) is 17.9 Å². The van der Waals surface area contributed by atoms with Crippen LogP contribution in [0.2, 0.25) is 0 Å². The van der Waals surface area contributed by atoms with Gasteiger partial charge < -0.3 is 14.6 Å². The van der Waals surface area contributed by atoms with Crippen LogP contribution in [-0.4, -0.2) is 48.4 Å². The van der Waals surface area contributed by atoms with Crippen molar-refractivity contribution in [3.8, 4) is 6.07 Å². The first kappa shape index (κ1) is 14.3. The topological polar surface area (TPSA) is 47.3 Å². The summed E-state index contributed by atoms with van der Waals surface area (Å²) in [4.78, 5) is 15.2. The van der Waals surface area contributed by atoms with Crippen LogP contribution in [0.15, 0.2) is 6.08 Å². The van der Waals surface area contributed by atoms with Crippen LogP contribution < -0.4 is 0 Å². The van der Waals surface area contributed by atoms with E-state index in [-0.39, 0.29) is 32.4 Å². The molecule has 15 heavy (non-hydrogen) atoms. The number of carbonyl (C=O) groups is 1. The van der Waals surface area contributed by atoms with E-state index in [4.69, 9.17) is 11.8 Å². The maximum absolute atomic E-state index is 11.4. The molecule has 0 bridgehead atoms. The molecule has 0 aromatic carbocycles. The summed E-state index contributed by atoms with van der Waals surface area (Å²) >= 11 is 0. The molecule has 0 spiro atoms. The third-order valence-electron chi connectivity index (χ3n) is 2.44. The number of carbonyl (C=O) groups excluding carboxylic acids is 1. The van der Waals surface area contributed by atoms with Crippen LogP contribution in [0.1, 0.15) is 6.42 Å². The fraction of sp³-hybridized carbons (Fsp3) is 0.600. The molecule has 1 fully saturated rings. The van der Waals surface area contributed by atoms with Gasteiger partial charge in [-0.1, -0.05) is 0 Å². The fourth-order valence-electron chi connectivity index (χ4n) is 1.68. The molecule has 0 aromatic heterocycles. The van der Waals surface area contributed by atoms with E-state index in [0.717, 1.165) is 19.2 Å². The standard InChI is InChI=1S/C10H14N3O.Re/c1-3-10(14)13-7-6-12(2)8-9(13)4-5-11;/h1,3,9H,4,6-8H2,2H3;/q-1;. The van der Waals surface area contributed by atoms with E-state index in [1.807, 2.05) is 7.05 Å². The van der Waals surface area contributed by atoms with Gasteiger partial charge in [-0.25, -0.2) is 0 Å². The zero-order chi connectivity index (χ0) is 10.6. The van der Waals surface area contributed by atoms with Gasteiger partial charge in [-0.3, -0.25) is 6.58 Å². The molecule has 0 saturated carbocycles. The molecule has 83 valence electrons. The minimum Gasteiger partial charge on any atom is -0.411 e. The summed E-state index contributed by atoms with van der Waals surface area (Å²) in [5.41, 5.74) is 0. The van der Waals surface area contributed by atoms with Crippen molar-refractivity contribution in [2.45, 2.75) is 12.5 Å². The molecule has 1 heterocycles. The van der Waals surface area contributed by atoms with E-state index in [2.05, 4.69) is 11.0 Å². The molecule has 1 atom stereocenters. The van der Waals surface area contributed by atoms with Gasteiger partial charge in [0.25, 0.3) is 0 Å². The van der Waals surface area contributed by atoms with Gasteiger partial charge in [0, 0.05) is 46.1 Å². The molecule has 1 unspecified atom stereocenters. The minimum atomic E-state index is -0.182. The first-order chi connectivity index (χ1) is 6.69. The van der Waals surface area contributed by atoms with Crippen LogP contribution in [-0.2, 0) is 25.2 Å². The number of rotatable bonds is 2. The Morgan fingerprint density at radius 1 is 1.67 bits per heavy atom. The summed E-state index contributed by atoms with van der Waals surface area (Å²) in [6.07, 6.45) is 1.43. The van der Waals surface area contributed by atoms with Crippen molar-refractivity contribution in [2.75, 3.05) is 26.7 Å². The number of hydrogen-bond acceptors (Lipinski definition) is 3. The predicted octanol–water partition coefficient (Wildman–Crippen LogP) is 0.0294. The maximum Gasteiger partial charge on any atom is 0.0870 e. The van der Waals surface area contributed by atoms with Crippen molar-refractivity contribution in [3.63, 3.8) is 0 Å². The van der Waals surface area contributed by atoms with Crippen molar-refractivity contribution in [2.24, 2.45) is 0 Å². The zero-order valence-corrected chi connectivity index (χ0v) is 11.4. The summed E-state index contributed by atoms with van der Waals surface area (Å²) in [7, 11) is 1.98. The average molecular weight is 378 g/mol. The molecule has 4 nitrogen and oxygen atoms in total. The Morgan fingerprint density at radius 3 is 2.87 bits per heavy atom. The smallest absolute Gasteiger partial charge is 0.0870 e. The maximum atomic E-state index is 11.4. The Morgan fingerprint density at radius 2 is 2.33 bits per heavy atom. The van der Waals surface area contributed by atoms with Crippen LogP contribution in [0.3, 0.4) is 0 Å². The number of likely N-dealkylation sites (N-methyl/N-ethyl adjacent to an activating group) is 1. The second-order valence-corrected chi connectivity index (χ2v) is 3.48. The number of piperazine rings is 1. The molecule has 0 aliphatic carbocycles. The van der Waals surface area contributed by atoms with Crippen molar-refractivity contribution >= 4 is 5.91 Å². The van der Waals surface area contributed by atoms with Gasteiger partial charge in [-0.15, -0.1) is 0 Å². The van der Waals surface area contributed by atoms with Gasteiger partial charge in [-0.05, 0) is 7.05 Å². The van der Waals surface area contributed by atoms with E-state index in [9.17, 15) is 4.79 Å². The zero-order valence-electron chi connectivity index (χ0n) is 8.69. The Bertz CT molecular complexity index is 274. The van der Waals surface area contributed by atoms with Crippen LogP contribution in [0.25, 0.3) is 0 Å². The van der Waals surface area contributed by atoms with Crippen molar-refractivity contribution in [1.29, 1.82) is 5.26 Å². The van der Waals surface area contributed by atoms with Gasteiger partial charge in [0.2, 0.25) is 0 Å². The largest absolute Gasteiger partial charge is 0.411 e. The van der Waals surface area contributed by atoms with Crippen molar-refractivity contribution < 1.29 is 25.2 Å². The first-order valence-electron chi connectivity index (χ1n) is 4.60. The number of nitrogens with zero attached hydrogens (tertiary/aromatic N) is 3. The Balaban J connectivity index is 0.00000196. The second-order valence-electron chi connectivity index (χ2n) is 3.48. The van der Waals surface area contributed by atoms with Crippen LogP contribution in [0.5, 0.6) is 0 Å². The molecule has 0 aromatic rings. The van der Waals surface area contributed by atoms with Crippen LogP contribution >= 0.6 is 0 Å². The van der Waals surface area contributed by atoms with E-state index >= 15 is 0 Å². The number of amides is 1. The molecule has 5 heteroatoms. The summed E-state index contributed by atoms with van der Waals surface area (Å²) in [5, 5.41) is 8.63. The SMILES string of the molecule is [CH-]=CC(=O)N1CCN(C)CC1CC#N.[Re]. The Kier molecular flexibility index (Phi) is 6.44. The van der Waals surface area contributed by atoms with E-state index in [1.165, 1.54) is 0 Å². The van der Waals surface area contributed by atoms with Gasteiger partial charge in [0.1, 0.15) is 0 Å². The normalized spacial score (nSPS) is 21.3. The molecule has 0 N–H and O–H groups in total. The number of hydrogen-bond donors (Lipinski definition) is 0. The van der Waals surface area contributed by atoms with Crippen molar-refractivity contribution in [1.82, 2.24) is 9.80 Å². The second kappa shape index (κ2) is 6.74. The summed E-state index contributed by atoms with van der Waals surface area (Å²) in [5.74, 6) is -0.182. The first-order valence-corrected chi connectivity index (χ1v) is 4.60. The number of nitriles is 1. The molecular formula is C10H14N3ORe-. The molecule has 1 radical (unpaired) electrons. The summed E-state index contributed by atoms with van der Waals surface area (Å²) in [6.45, 7) is 7.41. The molecule has 1 amide bonds. The molecular weight excluding hydrogens is 364 g/mol. The van der Waals surface area contributed by atoms with Gasteiger partial charge in [0.05, 0.1) is 18.4 Å².